The van der Waals surface area contributed by atoms with E-state index in [1.54, 1.807) is 6.07 Å². The van der Waals surface area contributed by atoms with Gasteiger partial charge in [0.25, 0.3) is 0 Å². The summed E-state index contributed by atoms with van der Waals surface area (Å²) in [7, 11) is -4.17. The van der Waals surface area contributed by atoms with Gasteiger partial charge in [-0.2, -0.15) is 0 Å². The first-order chi connectivity index (χ1) is 14.1. The molecule has 0 saturated heterocycles. The fourth-order valence-electron chi connectivity index (χ4n) is 3.30. The van der Waals surface area contributed by atoms with E-state index in [4.69, 9.17) is 4.74 Å². The molecule has 0 fully saturated rings. The van der Waals surface area contributed by atoms with Crippen LogP contribution in [0.4, 0.5) is 28.0 Å². The average Bonchev–Trinajstić information content (AvgIpc) is 2.70. The highest BCUT2D eigenvalue weighted by molar-refractivity contribution is 7.89. The Morgan fingerprint density at radius 1 is 1.03 bits per heavy atom. The Labute approximate surface area is 171 Å². The molecule has 1 aliphatic heterocycles. The van der Waals surface area contributed by atoms with Crippen LogP contribution in [0.25, 0.3) is 0 Å². The Hall–Kier alpha value is -2.62. The topological polar surface area (TPSA) is 63.7 Å². The zero-order valence-corrected chi connectivity index (χ0v) is 17.1. The van der Waals surface area contributed by atoms with E-state index >= 15 is 0 Å². The lowest BCUT2D eigenvalue weighted by molar-refractivity contribution is 0.142. The second-order valence-electron chi connectivity index (χ2n) is 7.06. The van der Waals surface area contributed by atoms with E-state index in [-0.39, 0.29) is 12.2 Å². The van der Waals surface area contributed by atoms with Crippen molar-refractivity contribution in [2.24, 2.45) is 0 Å². The van der Waals surface area contributed by atoms with Crippen LogP contribution < -0.4 is 4.90 Å². The minimum absolute atomic E-state index is 0.0418. The van der Waals surface area contributed by atoms with Gasteiger partial charge in [0.1, 0.15) is 6.61 Å². The summed E-state index contributed by atoms with van der Waals surface area (Å²) in [4.78, 5) is 13.3. The van der Waals surface area contributed by atoms with E-state index in [1.807, 2.05) is 6.92 Å². The van der Waals surface area contributed by atoms with E-state index in [2.05, 4.69) is 0 Å². The van der Waals surface area contributed by atoms with Crippen molar-refractivity contribution in [1.29, 1.82) is 0 Å². The van der Waals surface area contributed by atoms with Crippen LogP contribution in [0.2, 0.25) is 0 Å². The SMILES string of the molecule is CCCN1C(=O)OCc2cc(CS(=O)(=O)Cc3c(F)c(F)c(C)c(F)c3F)ccc21. The first-order valence-corrected chi connectivity index (χ1v) is 11.0. The third kappa shape index (κ3) is 4.14. The smallest absolute Gasteiger partial charge is 0.414 e. The largest absolute Gasteiger partial charge is 0.444 e. The van der Waals surface area contributed by atoms with Crippen LogP contribution in [-0.4, -0.2) is 21.1 Å². The zero-order chi connectivity index (χ0) is 22.2. The number of halogens is 4. The van der Waals surface area contributed by atoms with Crippen LogP contribution in [0.5, 0.6) is 0 Å². The Bertz CT molecular complexity index is 1090. The Morgan fingerprint density at radius 3 is 2.27 bits per heavy atom. The van der Waals surface area contributed by atoms with Crippen molar-refractivity contribution in [3.8, 4) is 0 Å². The molecule has 0 bridgehead atoms. The molecule has 0 aliphatic carbocycles. The van der Waals surface area contributed by atoms with Gasteiger partial charge in [-0.1, -0.05) is 13.0 Å². The molecule has 10 heteroatoms. The monoisotopic (exact) mass is 445 g/mol. The molecule has 2 aromatic rings. The second kappa shape index (κ2) is 8.25. The molecule has 2 aromatic carbocycles. The molecule has 162 valence electrons. The van der Waals surface area contributed by atoms with Crippen molar-refractivity contribution in [3.05, 3.63) is 63.7 Å². The number of hydrogen-bond acceptors (Lipinski definition) is 4. The molecule has 0 saturated carbocycles. The minimum Gasteiger partial charge on any atom is -0.444 e. The van der Waals surface area contributed by atoms with E-state index in [0.717, 1.165) is 6.92 Å². The molecule has 0 aromatic heterocycles. The van der Waals surface area contributed by atoms with Gasteiger partial charge in [0.2, 0.25) is 0 Å². The van der Waals surface area contributed by atoms with Gasteiger partial charge in [-0.25, -0.2) is 30.8 Å². The summed E-state index contributed by atoms with van der Waals surface area (Å²) >= 11 is 0. The molecule has 0 spiro atoms. The van der Waals surface area contributed by atoms with Crippen LogP contribution in [0.3, 0.4) is 0 Å². The quantitative estimate of drug-likeness (QED) is 0.484. The fourth-order valence-corrected chi connectivity index (χ4v) is 4.78. The summed E-state index contributed by atoms with van der Waals surface area (Å²) in [6.45, 7) is 3.13. The van der Waals surface area contributed by atoms with Crippen LogP contribution >= 0.6 is 0 Å². The van der Waals surface area contributed by atoms with Gasteiger partial charge in [-0.15, -0.1) is 0 Å². The maximum Gasteiger partial charge on any atom is 0.414 e. The molecule has 1 amide bonds. The van der Waals surface area contributed by atoms with Crippen LogP contribution in [-0.2, 0) is 32.7 Å². The molecule has 3 rings (SSSR count). The number of cyclic esters (lactones) is 1. The highest BCUT2D eigenvalue weighted by Gasteiger charge is 2.28. The number of benzene rings is 2. The van der Waals surface area contributed by atoms with Gasteiger partial charge >= 0.3 is 6.09 Å². The number of fused-ring (bicyclic) bond motifs is 1. The average molecular weight is 445 g/mol. The number of carbonyl (C=O) groups is 1. The van der Waals surface area contributed by atoms with Gasteiger partial charge in [0.15, 0.2) is 33.1 Å². The van der Waals surface area contributed by atoms with Gasteiger partial charge in [-0.05, 0) is 31.0 Å². The summed E-state index contributed by atoms with van der Waals surface area (Å²) in [5, 5.41) is 0. The summed E-state index contributed by atoms with van der Waals surface area (Å²) in [6, 6.07) is 4.56. The van der Waals surface area contributed by atoms with E-state index in [9.17, 15) is 30.8 Å². The Balaban J connectivity index is 1.88. The third-order valence-corrected chi connectivity index (χ3v) is 6.28. The van der Waals surface area contributed by atoms with E-state index in [0.29, 0.717) is 24.2 Å². The van der Waals surface area contributed by atoms with E-state index < -0.39 is 61.8 Å². The Kier molecular flexibility index (Phi) is 6.07. The van der Waals surface area contributed by atoms with Crippen molar-refractivity contribution < 1.29 is 35.5 Å². The molecule has 1 heterocycles. The highest BCUT2D eigenvalue weighted by atomic mass is 32.2. The van der Waals surface area contributed by atoms with Crippen molar-refractivity contribution in [1.82, 2.24) is 0 Å². The van der Waals surface area contributed by atoms with Crippen LogP contribution in [0, 0.1) is 30.2 Å². The number of hydrogen-bond donors (Lipinski definition) is 0. The predicted molar refractivity (Wildman–Crippen MR) is 102 cm³/mol. The van der Waals surface area contributed by atoms with Crippen molar-refractivity contribution in [3.63, 3.8) is 0 Å². The molecule has 0 radical (unpaired) electrons. The standard InChI is InChI=1S/C20H19F4NO4S/c1-3-6-25-15-5-4-12(7-13(15)8-29-20(25)26)9-30(27,28)10-14-18(23)16(21)11(2)17(22)19(14)24/h4-5,7H,3,6,8-10H2,1-2H3. The lowest BCUT2D eigenvalue weighted by Crippen LogP contribution is -2.36. The van der Waals surface area contributed by atoms with Crippen LogP contribution in [0.1, 0.15) is 35.6 Å². The maximum atomic E-state index is 14.0. The number of anilines is 1. The fraction of sp³-hybridized carbons (Fsp3) is 0.350. The molecular weight excluding hydrogens is 426 g/mol. The number of carbonyl (C=O) groups excluding carboxylic acids is 1. The van der Waals surface area contributed by atoms with Gasteiger partial charge in [0, 0.05) is 23.2 Å². The predicted octanol–water partition coefficient (Wildman–Crippen LogP) is 4.53. The highest BCUT2D eigenvalue weighted by Crippen LogP contribution is 2.30. The minimum atomic E-state index is -4.17. The molecule has 0 atom stereocenters. The number of rotatable bonds is 6. The molecule has 5 nitrogen and oxygen atoms in total. The van der Waals surface area contributed by atoms with Crippen molar-refractivity contribution in [2.45, 2.75) is 38.4 Å². The van der Waals surface area contributed by atoms with Gasteiger partial charge in [0.05, 0.1) is 17.2 Å². The summed E-state index contributed by atoms with van der Waals surface area (Å²) in [6.07, 6.45) is 0.185. The normalized spacial score (nSPS) is 13.9. The van der Waals surface area contributed by atoms with E-state index in [1.165, 1.54) is 17.0 Å². The summed E-state index contributed by atoms with van der Waals surface area (Å²) < 4.78 is 85.6. The number of ether oxygens (including phenoxy) is 1. The van der Waals surface area contributed by atoms with Crippen molar-refractivity contribution in [2.75, 3.05) is 11.4 Å². The van der Waals surface area contributed by atoms with Gasteiger partial charge < -0.3 is 4.74 Å². The third-order valence-electron chi connectivity index (χ3n) is 4.78. The summed E-state index contributed by atoms with van der Waals surface area (Å²) in [5.41, 5.74) is -0.560. The number of sulfone groups is 1. The lowest BCUT2D eigenvalue weighted by atomic mass is 10.1. The summed E-state index contributed by atoms with van der Waals surface area (Å²) in [5.74, 6) is -8.49. The number of nitrogens with zero attached hydrogens (tertiary/aromatic N) is 1. The molecule has 0 unspecified atom stereocenters. The zero-order valence-electron chi connectivity index (χ0n) is 16.3. The molecule has 30 heavy (non-hydrogen) atoms. The number of amides is 1. The maximum absolute atomic E-state index is 14.0. The first-order valence-electron chi connectivity index (χ1n) is 9.13. The van der Waals surface area contributed by atoms with Crippen molar-refractivity contribution >= 4 is 21.6 Å². The molecular formula is C20H19F4NO4S. The first kappa shape index (κ1) is 22.1. The second-order valence-corrected chi connectivity index (χ2v) is 9.13. The van der Waals surface area contributed by atoms with Crippen LogP contribution in [0.15, 0.2) is 18.2 Å². The van der Waals surface area contributed by atoms with Gasteiger partial charge in [-0.3, -0.25) is 4.90 Å². The lowest BCUT2D eigenvalue weighted by Gasteiger charge is -2.29. The molecule has 1 aliphatic rings. The Morgan fingerprint density at radius 2 is 1.67 bits per heavy atom. The molecule has 0 N–H and O–H groups in total.